The Bertz CT molecular complexity index is 251. The lowest BCUT2D eigenvalue weighted by Crippen LogP contribution is -2.23. The molecule has 0 aromatic heterocycles. The molecule has 1 aliphatic rings. The second-order valence-electron chi connectivity index (χ2n) is 3.34. The largest absolute Gasteiger partial charge is 0.457 e. The SMILES string of the molecule is C=C(C)C(=O)C(=O)OCC1CCCO1. The summed E-state index contributed by atoms with van der Waals surface area (Å²) < 4.78 is 10.0. The van der Waals surface area contributed by atoms with Crippen LogP contribution in [-0.4, -0.2) is 31.1 Å². The maximum Gasteiger partial charge on any atom is 0.379 e. The Morgan fingerprint density at radius 3 is 2.79 bits per heavy atom. The van der Waals surface area contributed by atoms with Gasteiger partial charge in [0.1, 0.15) is 6.61 Å². The van der Waals surface area contributed by atoms with E-state index in [1.54, 1.807) is 0 Å². The van der Waals surface area contributed by atoms with Gasteiger partial charge in [0.05, 0.1) is 6.10 Å². The van der Waals surface area contributed by atoms with Crippen LogP contribution in [0, 0.1) is 0 Å². The predicted molar refractivity (Wildman–Crippen MR) is 49.8 cm³/mol. The van der Waals surface area contributed by atoms with Gasteiger partial charge in [-0.15, -0.1) is 0 Å². The van der Waals surface area contributed by atoms with E-state index in [2.05, 4.69) is 6.58 Å². The van der Waals surface area contributed by atoms with Crippen molar-refractivity contribution in [2.24, 2.45) is 0 Å². The fourth-order valence-corrected chi connectivity index (χ4v) is 1.18. The smallest absolute Gasteiger partial charge is 0.379 e. The minimum absolute atomic E-state index is 0.0446. The van der Waals surface area contributed by atoms with E-state index in [1.165, 1.54) is 6.92 Å². The first-order chi connectivity index (χ1) is 6.61. The first-order valence-electron chi connectivity index (χ1n) is 4.60. The van der Waals surface area contributed by atoms with E-state index in [-0.39, 0.29) is 18.3 Å². The Balaban J connectivity index is 2.26. The van der Waals surface area contributed by atoms with Crippen molar-refractivity contribution >= 4 is 11.8 Å². The molecule has 0 aliphatic carbocycles. The standard InChI is InChI=1S/C10H14O4/c1-7(2)9(11)10(12)14-6-8-4-3-5-13-8/h8H,1,3-6H2,2H3. The molecule has 4 heteroatoms. The first kappa shape index (κ1) is 10.9. The molecule has 1 fully saturated rings. The number of ether oxygens (including phenoxy) is 2. The molecule has 0 amide bonds. The van der Waals surface area contributed by atoms with Gasteiger partial charge in [-0.1, -0.05) is 6.58 Å². The highest BCUT2D eigenvalue weighted by Gasteiger charge is 2.21. The summed E-state index contributed by atoms with van der Waals surface area (Å²) in [6.07, 6.45) is 1.82. The number of hydrogen-bond acceptors (Lipinski definition) is 4. The molecule has 1 unspecified atom stereocenters. The fourth-order valence-electron chi connectivity index (χ4n) is 1.18. The van der Waals surface area contributed by atoms with Crippen molar-refractivity contribution in [3.63, 3.8) is 0 Å². The van der Waals surface area contributed by atoms with E-state index in [1.807, 2.05) is 0 Å². The predicted octanol–water partition coefficient (Wildman–Crippen LogP) is 0.854. The number of esters is 1. The second-order valence-corrected chi connectivity index (χ2v) is 3.34. The van der Waals surface area contributed by atoms with Crippen molar-refractivity contribution in [1.82, 2.24) is 0 Å². The van der Waals surface area contributed by atoms with Crippen LogP contribution in [0.4, 0.5) is 0 Å². The van der Waals surface area contributed by atoms with Crippen LogP contribution in [0.15, 0.2) is 12.2 Å². The van der Waals surface area contributed by atoms with Gasteiger partial charge in [-0.25, -0.2) is 4.79 Å². The number of hydrogen-bond donors (Lipinski definition) is 0. The first-order valence-corrected chi connectivity index (χ1v) is 4.60. The van der Waals surface area contributed by atoms with Crippen LogP contribution in [0.2, 0.25) is 0 Å². The van der Waals surface area contributed by atoms with Gasteiger partial charge in [-0.3, -0.25) is 4.79 Å². The molecule has 0 radical (unpaired) electrons. The number of rotatable bonds is 4. The van der Waals surface area contributed by atoms with Gasteiger partial charge in [0.15, 0.2) is 0 Å². The average Bonchev–Trinajstić information content (AvgIpc) is 2.65. The maximum absolute atomic E-state index is 11.1. The fraction of sp³-hybridized carbons (Fsp3) is 0.600. The van der Waals surface area contributed by atoms with Crippen molar-refractivity contribution in [2.45, 2.75) is 25.9 Å². The van der Waals surface area contributed by atoms with Crippen LogP contribution in [-0.2, 0) is 19.1 Å². The number of carbonyl (C=O) groups excluding carboxylic acids is 2. The van der Waals surface area contributed by atoms with Gasteiger partial charge >= 0.3 is 5.97 Å². The molecule has 0 aromatic carbocycles. The van der Waals surface area contributed by atoms with Gasteiger partial charge in [-0.05, 0) is 25.3 Å². The van der Waals surface area contributed by atoms with Gasteiger partial charge < -0.3 is 9.47 Å². The molecule has 1 atom stereocenters. The van der Waals surface area contributed by atoms with E-state index in [9.17, 15) is 9.59 Å². The minimum Gasteiger partial charge on any atom is -0.457 e. The summed E-state index contributed by atoms with van der Waals surface area (Å²) in [5, 5.41) is 0. The van der Waals surface area contributed by atoms with E-state index >= 15 is 0 Å². The molecular weight excluding hydrogens is 184 g/mol. The Morgan fingerprint density at radius 2 is 2.29 bits per heavy atom. The van der Waals surface area contributed by atoms with Crippen LogP contribution < -0.4 is 0 Å². The highest BCUT2D eigenvalue weighted by Crippen LogP contribution is 2.12. The molecule has 0 N–H and O–H groups in total. The Labute approximate surface area is 82.9 Å². The minimum atomic E-state index is -0.840. The summed E-state index contributed by atoms with van der Waals surface area (Å²) >= 11 is 0. The van der Waals surface area contributed by atoms with Gasteiger partial charge in [0, 0.05) is 6.61 Å². The van der Waals surface area contributed by atoms with Crippen molar-refractivity contribution < 1.29 is 19.1 Å². The van der Waals surface area contributed by atoms with Gasteiger partial charge in [-0.2, -0.15) is 0 Å². The van der Waals surface area contributed by atoms with E-state index < -0.39 is 11.8 Å². The zero-order valence-corrected chi connectivity index (χ0v) is 8.25. The summed E-state index contributed by atoms with van der Waals surface area (Å²) in [5.74, 6) is -1.50. The molecule has 0 saturated carbocycles. The van der Waals surface area contributed by atoms with Crippen molar-refractivity contribution in [3.05, 3.63) is 12.2 Å². The molecule has 1 rings (SSSR count). The molecule has 0 bridgehead atoms. The Hall–Kier alpha value is -1.16. The number of Topliss-reactive ketones (excluding diaryl/α,β-unsaturated/α-hetero) is 1. The summed E-state index contributed by atoms with van der Waals surface area (Å²) in [5.41, 5.74) is 0.197. The zero-order valence-electron chi connectivity index (χ0n) is 8.25. The zero-order chi connectivity index (χ0) is 10.6. The van der Waals surface area contributed by atoms with Gasteiger partial charge in [0.25, 0.3) is 5.78 Å². The van der Waals surface area contributed by atoms with Crippen LogP contribution in [0.1, 0.15) is 19.8 Å². The lowest BCUT2D eigenvalue weighted by molar-refractivity contribution is -0.154. The number of carbonyl (C=O) groups is 2. The monoisotopic (exact) mass is 198 g/mol. The highest BCUT2D eigenvalue weighted by atomic mass is 16.6. The third-order valence-electron chi connectivity index (χ3n) is 2.00. The van der Waals surface area contributed by atoms with Crippen LogP contribution in [0.5, 0.6) is 0 Å². The van der Waals surface area contributed by atoms with Crippen LogP contribution >= 0.6 is 0 Å². The van der Waals surface area contributed by atoms with Crippen LogP contribution in [0.25, 0.3) is 0 Å². The molecule has 1 saturated heterocycles. The Kier molecular flexibility index (Phi) is 3.83. The molecule has 14 heavy (non-hydrogen) atoms. The molecule has 4 nitrogen and oxygen atoms in total. The van der Waals surface area contributed by atoms with Crippen molar-refractivity contribution in [2.75, 3.05) is 13.2 Å². The third kappa shape index (κ3) is 2.96. The summed E-state index contributed by atoms with van der Waals surface area (Å²) in [7, 11) is 0. The normalized spacial score (nSPS) is 20.5. The molecular formula is C10H14O4. The van der Waals surface area contributed by atoms with E-state index in [0.29, 0.717) is 6.61 Å². The lowest BCUT2D eigenvalue weighted by Gasteiger charge is -2.09. The van der Waals surface area contributed by atoms with Gasteiger partial charge in [0.2, 0.25) is 0 Å². The van der Waals surface area contributed by atoms with Crippen LogP contribution in [0.3, 0.4) is 0 Å². The van der Waals surface area contributed by atoms with E-state index in [4.69, 9.17) is 9.47 Å². The maximum atomic E-state index is 11.1. The van der Waals surface area contributed by atoms with Crippen molar-refractivity contribution in [1.29, 1.82) is 0 Å². The topological polar surface area (TPSA) is 52.6 Å². The average molecular weight is 198 g/mol. The lowest BCUT2D eigenvalue weighted by atomic mass is 10.2. The molecule has 0 spiro atoms. The summed E-state index contributed by atoms with van der Waals surface area (Å²) in [6.45, 7) is 5.73. The highest BCUT2D eigenvalue weighted by molar-refractivity contribution is 6.40. The summed E-state index contributed by atoms with van der Waals surface area (Å²) in [6, 6.07) is 0. The molecule has 1 aliphatic heterocycles. The quantitative estimate of drug-likeness (QED) is 0.382. The molecule has 0 aromatic rings. The third-order valence-corrected chi connectivity index (χ3v) is 2.00. The summed E-state index contributed by atoms with van der Waals surface area (Å²) in [4.78, 5) is 22.1. The number of ketones is 1. The second kappa shape index (κ2) is 4.91. The molecule has 1 heterocycles. The van der Waals surface area contributed by atoms with E-state index in [0.717, 1.165) is 12.8 Å². The van der Waals surface area contributed by atoms with Crippen molar-refractivity contribution in [3.8, 4) is 0 Å². The Morgan fingerprint density at radius 1 is 1.57 bits per heavy atom. The molecule has 78 valence electrons.